The normalized spacial score (nSPS) is 14.3. The molecule has 0 atom stereocenters. The van der Waals surface area contributed by atoms with E-state index in [0.717, 1.165) is 59.0 Å². The minimum Gasteiger partial charge on any atom is -0.399 e. The minimum atomic E-state index is 0.583. The molecule has 1 aliphatic rings. The van der Waals surface area contributed by atoms with E-state index in [0.29, 0.717) is 5.95 Å². The maximum absolute atomic E-state index is 5.95. The Morgan fingerprint density at radius 2 is 1.90 bits per heavy atom. The van der Waals surface area contributed by atoms with Gasteiger partial charge in [-0.25, -0.2) is 9.97 Å². The summed E-state index contributed by atoms with van der Waals surface area (Å²) < 4.78 is 6.48. The lowest BCUT2D eigenvalue weighted by molar-refractivity contribution is 0.122. The molecule has 2 aromatic heterocycles. The number of nitrogens with two attached hydrogens (primary N) is 1. The highest BCUT2D eigenvalue weighted by Gasteiger charge is 2.12. The quantitative estimate of drug-likeness (QED) is 0.488. The Morgan fingerprint density at radius 1 is 1.07 bits per heavy atom. The second kappa shape index (κ2) is 7.69. The molecule has 1 saturated heterocycles. The Bertz CT molecular complexity index is 1140. The van der Waals surface area contributed by atoms with Gasteiger partial charge in [0, 0.05) is 41.1 Å². The maximum Gasteiger partial charge on any atom is 0.227 e. The number of aromatic nitrogens is 2. The number of thiophene rings is 1. The number of nitrogens with zero attached hydrogens (tertiary/aromatic N) is 3. The van der Waals surface area contributed by atoms with Gasteiger partial charge >= 0.3 is 0 Å². The fourth-order valence-electron chi connectivity index (χ4n) is 3.51. The van der Waals surface area contributed by atoms with E-state index in [1.165, 1.54) is 5.69 Å². The average Bonchev–Trinajstić information content (AvgIpc) is 3.18. The standard InChI is InChI=1S/C22H21N5OS/c23-16-3-1-2-15(12-16)19-14-29-20-13-24-22(26-21(19)20)25-17-4-6-18(7-5-17)27-8-10-28-11-9-27/h1-7,12-14H,8-11,23H2,(H,24,25,26). The SMILES string of the molecule is Nc1cccc(-c2csc3cnc(Nc4ccc(N5CCOCC5)cc4)nc23)c1. The summed E-state index contributed by atoms with van der Waals surface area (Å²) in [5.41, 5.74) is 11.9. The minimum absolute atomic E-state index is 0.583. The summed E-state index contributed by atoms with van der Waals surface area (Å²) in [6.07, 6.45) is 1.87. The topological polar surface area (TPSA) is 76.3 Å². The maximum atomic E-state index is 5.95. The van der Waals surface area contributed by atoms with Crippen LogP contribution in [0.25, 0.3) is 21.3 Å². The predicted octanol–water partition coefficient (Wildman–Crippen LogP) is 4.52. The molecule has 2 aromatic carbocycles. The number of hydrogen-bond acceptors (Lipinski definition) is 7. The summed E-state index contributed by atoms with van der Waals surface area (Å²) in [7, 11) is 0. The van der Waals surface area contributed by atoms with Crippen LogP contribution in [0.15, 0.2) is 60.1 Å². The number of anilines is 4. The van der Waals surface area contributed by atoms with Crippen LogP contribution in [0.4, 0.5) is 23.0 Å². The van der Waals surface area contributed by atoms with E-state index < -0.39 is 0 Å². The smallest absolute Gasteiger partial charge is 0.227 e. The number of morpholine rings is 1. The van der Waals surface area contributed by atoms with Crippen molar-refractivity contribution in [2.24, 2.45) is 0 Å². The first kappa shape index (κ1) is 17.9. The molecule has 1 aliphatic heterocycles. The molecule has 0 unspecified atom stereocenters. The van der Waals surface area contributed by atoms with Gasteiger partial charge in [-0.05, 0) is 42.0 Å². The lowest BCUT2D eigenvalue weighted by Crippen LogP contribution is -2.36. The van der Waals surface area contributed by atoms with E-state index in [1.807, 2.05) is 24.4 Å². The first-order valence-corrected chi connectivity index (χ1v) is 10.4. The van der Waals surface area contributed by atoms with Crippen molar-refractivity contribution in [2.75, 3.05) is 42.3 Å². The van der Waals surface area contributed by atoms with E-state index in [9.17, 15) is 0 Å². The van der Waals surface area contributed by atoms with Crippen molar-refractivity contribution in [3.8, 4) is 11.1 Å². The van der Waals surface area contributed by atoms with Gasteiger partial charge in [-0.1, -0.05) is 12.1 Å². The molecule has 0 bridgehead atoms. The van der Waals surface area contributed by atoms with Crippen molar-refractivity contribution < 1.29 is 4.74 Å². The van der Waals surface area contributed by atoms with Gasteiger partial charge in [0.15, 0.2) is 0 Å². The third-order valence-electron chi connectivity index (χ3n) is 5.01. The summed E-state index contributed by atoms with van der Waals surface area (Å²) in [6, 6.07) is 16.2. The molecule has 0 amide bonds. The van der Waals surface area contributed by atoms with Gasteiger partial charge < -0.3 is 20.7 Å². The van der Waals surface area contributed by atoms with Crippen LogP contribution < -0.4 is 16.0 Å². The summed E-state index contributed by atoms with van der Waals surface area (Å²) in [5, 5.41) is 5.43. The number of benzene rings is 2. The molecule has 5 rings (SSSR count). The Morgan fingerprint density at radius 3 is 2.69 bits per heavy atom. The molecular formula is C22H21N5OS. The van der Waals surface area contributed by atoms with E-state index in [1.54, 1.807) is 11.3 Å². The van der Waals surface area contributed by atoms with Crippen molar-refractivity contribution in [3.63, 3.8) is 0 Å². The molecule has 0 aliphatic carbocycles. The van der Waals surface area contributed by atoms with Crippen LogP contribution in [0.2, 0.25) is 0 Å². The molecule has 0 radical (unpaired) electrons. The summed E-state index contributed by atoms with van der Waals surface area (Å²) in [5.74, 6) is 0.583. The molecule has 0 spiro atoms. The van der Waals surface area contributed by atoms with Crippen molar-refractivity contribution in [3.05, 3.63) is 60.1 Å². The van der Waals surface area contributed by atoms with Crippen LogP contribution in [0, 0.1) is 0 Å². The van der Waals surface area contributed by atoms with Crippen molar-refractivity contribution in [2.45, 2.75) is 0 Å². The van der Waals surface area contributed by atoms with Crippen LogP contribution in [-0.2, 0) is 4.74 Å². The zero-order valence-electron chi connectivity index (χ0n) is 15.8. The zero-order chi connectivity index (χ0) is 19.6. The Balaban J connectivity index is 1.40. The summed E-state index contributed by atoms with van der Waals surface area (Å²) in [4.78, 5) is 11.6. The second-order valence-electron chi connectivity index (χ2n) is 6.95. The van der Waals surface area contributed by atoms with Crippen LogP contribution in [0.5, 0.6) is 0 Å². The van der Waals surface area contributed by atoms with E-state index in [4.69, 9.17) is 15.5 Å². The first-order chi connectivity index (χ1) is 14.3. The van der Waals surface area contributed by atoms with Crippen LogP contribution in [0.3, 0.4) is 0 Å². The van der Waals surface area contributed by atoms with Gasteiger partial charge in [-0.3, -0.25) is 0 Å². The number of fused-ring (bicyclic) bond motifs is 1. The third-order valence-corrected chi connectivity index (χ3v) is 5.92. The molecule has 7 heteroatoms. The van der Waals surface area contributed by atoms with E-state index >= 15 is 0 Å². The van der Waals surface area contributed by atoms with E-state index in [2.05, 4.69) is 50.9 Å². The van der Waals surface area contributed by atoms with Crippen LogP contribution in [-0.4, -0.2) is 36.3 Å². The molecule has 3 heterocycles. The Hall–Kier alpha value is -3.16. The highest BCUT2D eigenvalue weighted by molar-refractivity contribution is 7.17. The van der Waals surface area contributed by atoms with Gasteiger partial charge in [0.2, 0.25) is 5.95 Å². The Labute approximate surface area is 173 Å². The highest BCUT2D eigenvalue weighted by atomic mass is 32.1. The lowest BCUT2D eigenvalue weighted by atomic mass is 10.1. The fourth-order valence-corrected chi connectivity index (χ4v) is 4.38. The second-order valence-corrected chi connectivity index (χ2v) is 7.86. The molecule has 4 aromatic rings. The number of ether oxygens (including phenoxy) is 1. The molecule has 6 nitrogen and oxygen atoms in total. The number of hydrogen-bond donors (Lipinski definition) is 2. The lowest BCUT2D eigenvalue weighted by Gasteiger charge is -2.28. The summed E-state index contributed by atoms with van der Waals surface area (Å²) >= 11 is 1.64. The van der Waals surface area contributed by atoms with Crippen molar-refractivity contribution >= 4 is 44.6 Å². The Kier molecular flexibility index (Phi) is 4.75. The average molecular weight is 404 g/mol. The fraction of sp³-hybridized carbons (Fsp3) is 0.182. The van der Waals surface area contributed by atoms with Crippen LogP contribution >= 0.6 is 11.3 Å². The molecule has 29 heavy (non-hydrogen) atoms. The first-order valence-electron chi connectivity index (χ1n) is 9.56. The van der Waals surface area contributed by atoms with Gasteiger partial charge in [-0.15, -0.1) is 11.3 Å². The molecule has 3 N–H and O–H groups in total. The van der Waals surface area contributed by atoms with Gasteiger partial charge in [0.25, 0.3) is 0 Å². The highest BCUT2D eigenvalue weighted by Crippen LogP contribution is 2.34. The molecule has 0 saturated carbocycles. The number of nitrogen functional groups attached to an aromatic ring is 1. The van der Waals surface area contributed by atoms with Gasteiger partial charge in [0.1, 0.15) is 0 Å². The van der Waals surface area contributed by atoms with Gasteiger partial charge in [0.05, 0.1) is 29.6 Å². The van der Waals surface area contributed by atoms with Gasteiger partial charge in [-0.2, -0.15) is 0 Å². The largest absolute Gasteiger partial charge is 0.399 e. The third kappa shape index (κ3) is 3.74. The molecule has 1 fully saturated rings. The number of nitrogens with one attached hydrogen (secondary N) is 1. The molecular weight excluding hydrogens is 382 g/mol. The van der Waals surface area contributed by atoms with Crippen LogP contribution in [0.1, 0.15) is 0 Å². The molecule has 146 valence electrons. The zero-order valence-corrected chi connectivity index (χ0v) is 16.7. The monoisotopic (exact) mass is 403 g/mol. The van der Waals surface area contributed by atoms with Crippen molar-refractivity contribution in [1.29, 1.82) is 0 Å². The summed E-state index contributed by atoms with van der Waals surface area (Å²) in [6.45, 7) is 3.42. The van der Waals surface area contributed by atoms with Crippen molar-refractivity contribution in [1.82, 2.24) is 9.97 Å². The number of rotatable bonds is 4. The van der Waals surface area contributed by atoms with E-state index in [-0.39, 0.29) is 0 Å². The predicted molar refractivity (Wildman–Crippen MR) is 120 cm³/mol.